The smallest absolute Gasteiger partial charge is 0.416 e. The quantitative estimate of drug-likeness (QED) is 0.503. The van der Waals surface area contributed by atoms with Crippen LogP contribution in [0.1, 0.15) is 26.3 Å². The molecule has 3 N–H and O–H groups in total. The number of anilines is 4. The number of carbonyl (C=O) groups excluding carboxylic acids is 1. The first-order valence-corrected chi connectivity index (χ1v) is 11.6. The summed E-state index contributed by atoms with van der Waals surface area (Å²) < 4.78 is 44.6. The Hall–Kier alpha value is -4.09. The van der Waals surface area contributed by atoms with E-state index in [4.69, 9.17) is 10.5 Å². The fourth-order valence-electron chi connectivity index (χ4n) is 3.77. The van der Waals surface area contributed by atoms with Crippen molar-refractivity contribution in [2.24, 2.45) is 0 Å². The Morgan fingerprint density at radius 3 is 2.35 bits per heavy atom. The van der Waals surface area contributed by atoms with Gasteiger partial charge in [-0.1, -0.05) is 0 Å². The van der Waals surface area contributed by atoms with Gasteiger partial charge in [-0.15, -0.1) is 0 Å². The van der Waals surface area contributed by atoms with Crippen molar-refractivity contribution in [2.45, 2.75) is 32.5 Å². The van der Waals surface area contributed by atoms with Crippen LogP contribution in [0.15, 0.2) is 48.8 Å². The van der Waals surface area contributed by atoms with Gasteiger partial charge in [0.1, 0.15) is 23.1 Å². The maximum atomic E-state index is 13.0. The normalized spacial score (nSPS) is 14.4. The number of ether oxygens (including phenoxy) is 1. The predicted molar refractivity (Wildman–Crippen MR) is 134 cm³/mol. The number of hydrogen-bond acceptors (Lipinski definition) is 8. The maximum absolute atomic E-state index is 13.0. The van der Waals surface area contributed by atoms with Gasteiger partial charge in [0.05, 0.1) is 11.3 Å². The highest BCUT2D eigenvalue weighted by Crippen LogP contribution is 2.31. The molecule has 0 atom stereocenters. The molecule has 37 heavy (non-hydrogen) atoms. The SMILES string of the molecule is CC(C)(C)OC(=O)N1CCN(c2cc(-c3cc(N)cc(Nc4cc(C(F)(F)F)ccn4)n3)ccn2)CC1. The van der Waals surface area contributed by atoms with E-state index < -0.39 is 17.3 Å². The second kappa shape index (κ2) is 10.1. The lowest BCUT2D eigenvalue weighted by molar-refractivity contribution is -0.137. The Morgan fingerprint density at radius 1 is 0.973 bits per heavy atom. The van der Waals surface area contributed by atoms with Gasteiger partial charge in [-0.3, -0.25) is 0 Å². The number of aromatic nitrogens is 3. The number of halogens is 3. The first kappa shape index (κ1) is 26.0. The summed E-state index contributed by atoms with van der Waals surface area (Å²) in [7, 11) is 0. The lowest BCUT2D eigenvalue weighted by Gasteiger charge is -2.36. The Bertz CT molecular complexity index is 1270. The van der Waals surface area contributed by atoms with Crippen molar-refractivity contribution in [1.29, 1.82) is 0 Å². The minimum absolute atomic E-state index is 0.00264. The molecule has 3 aromatic rings. The molecule has 0 spiro atoms. The van der Waals surface area contributed by atoms with Crippen LogP contribution >= 0.6 is 0 Å². The Labute approximate surface area is 212 Å². The van der Waals surface area contributed by atoms with Crippen molar-refractivity contribution in [1.82, 2.24) is 19.9 Å². The molecular weight excluding hydrogens is 487 g/mol. The molecule has 0 unspecified atom stereocenters. The van der Waals surface area contributed by atoms with E-state index >= 15 is 0 Å². The van der Waals surface area contributed by atoms with Gasteiger partial charge in [0, 0.05) is 55.9 Å². The van der Waals surface area contributed by atoms with Gasteiger partial charge >= 0.3 is 12.3 Å². The number of pyridine rings is 3. The van der Waals surface area contributed by atoms with Gasteiger partial charge in [0.25, 0.3) is 0 Å². The van der Waals surface area contributed by atoms with E-state index in [1.165, 1.54) is 6.07 Å². The number of hydrogen-bond donors (Lipinski definition) is 2. The zero-order valence-electron chi connectivity index (χ0n) is 20.7. The molecule has 0 aliphatic carbocycles. The molecule has 1 aliphatic rings. The van der Waals surface area contributed by atoms with Gasteiger partial charge in [0.2, 0.25) is 0 Å². The summed E-state index contributed by atoms with van der Waals surface area (Å²) >= 11 is 0. The number of nitrogens with zero attached hydrogens (tertiary/aromatic N) is 5. The lowest BCUT2D eigenvalue weighted by atomic mass is 10.1. The second-order valence-electron chi connectivity index (χ2n) is 9.58. The third kappa shape index (κ3) is 6.78. The van der Waals surface area contributed by atoms with E-state index in [9.17, 15) is 18.0 Å². The van der Waals surface area contributed by atoms with Crippen LogP contribution in [-0.4, -0.2) is 57.7 Å². The van der Waals surface area contributed by atoms with Gasteiger partial charge in [-0.05, 0) is 51.1 Å². The molecule has 0 aromatic carbocycles. The molecule has 1 aliphatic heterocycles. The summed E-state index contributed by atoms with van der Waals surface area (Å²) in [6, 6.07) is 8.63. The van der Waals surface area contributed by atoms with Crippen molar-refractivity contribution >= 4 is 29.2 Å². The summed E-state index contributed by atoms with van der Waals surface area (Å²) in [6.45, 7) is 7.64. The van der Waals surface area contributed by atoms with Gasteiger partial charge < -0.3 is 25.6 Å². The molecule has 1 amide bonds. The number of alkyl halides is 3. The highest BCUT2D eigenvalue weighted by molar-refractivity contribution is 5.71. The minimum Gasteiger partial charge on any atom is -0.444 e. The number of nitrogens with two attached hydrogens (primary N) is 1. The van der Waals surface area contributed by atoms with Crippen LogP contribution in [0.2, 0.25) is 0 Å². The fraction of sp³-hybridized carbons (Fsp3) is 0.360. The first-order chi connectivity index (χ1) is 17.4. The van der Waals surface area contributed by atoms with E-state index in [1.54, 1.807) is 23.2 Å². The molecule has 9 nitrogen and oxygen atoms in total. The largest absolute Gasteiger partial charge is 0.444 e. The molecule has 196 valence electrons. The summed E-state index contributed by atoms with van der Waals surface area (Å²) in [4.78, 5) is 29.0. The zero-order valence-corrected chi connectivity index (χ0v) is 20.7. The summed E-state index contributed by atoms with van der Waals surface area (Å²) in [5, 5.41) is 2.80. The summed E-state index contributed by atoms with van der Waals surface area (Å²) in [6.07, 6.45) is -2.10. The van der Waals surface area contributed by atoms with Gasteiger partial charge in [0.15, 0.2) is 0 Å². The van der Waals surface area contributed by atoms with Crippen molar-refractivity contribution in [3.05, 3.63) is 54.4 Å². The van der Waals surface area contributed by atoms with Crippen LogP contribution in [0.4, 0.5) is 41.1 Å². The monoisotopic (exact) mass is 515 g/mol. The predicted octanol–water partition coefficient (Wildman–Crippen LogP) is 4.94. The molecule has 0 bridgehead atoms. The van der Waals surface area contributed by atoms with E-state index in [1.807, 2.05) is 26.8 Å². The Balaban J connectivity index is 1.49. The van der Waals surface area contributed by atoms with Crippen molar-refractivity contribution in [3.8, 4) is 11.3 Å². The standard InChI is InChI=1S/C25H28F3N7O2/c1-24(2,3)37-23(36)35-10-8-34(9-11-35)22-12-16(4-6-31-22)19-14-18(29)15-21(32-19)33-20-13-17(5-7-30-20)25(26,27)28/h4-7,12-15H,8-11H2,1-3H3,(H3,29,30,32,33). The van der Waals surface area contributed by atoms with Crippen molar-refractivity contribution in [2.75, 3.05) is 42.1 Å². The van der Waals surface area contributed by atoms with E-state index in [-0.39, 0.29) is 17.7 Å². The minimum atomic E-state index is -4.49. The fourth-order valence-corrected chi connectivity index (χ4v) is 3.77. The topological polar surface area (TPSA) is 110 Å². The van der Waals surface area contributed by atoms with Crippen LogP contribution in [-0.2, 0) is 10.9 Å². The molecule has 1 saturated heterocycles. The van der Waals surface area contributed by atoms with E-state index in [0.717, 1.165) is 23.9 Å². The van der Waals surface area contributed by atoms with Crippen LogP contribution in [0.5, 0.6) is 0 Å². The number of nitrogen functional groups attached to an aromatic ring is 1. The van der Waals surface area contributed by atoms with Crippen LogP contribution in [0.3, 0.4) is 0 Å². The second-order valence-corrected chi connectivity index (χ2v) is 9.58. The molecule has 1 fully saturated rings. The van der Waals surface area contributed by atoms with Gasteiger partial charge in [-0.25, -0.2) is 19.7 Å². The van der Waals surface area contributed by atoms with E-state index in [0.29, 0.717) is 43.4 Å². The lowest BCUT2D eigenvalue weighted by Crippen LogP contribution is -2.50. The number of rotatable bonds is 4. The summed E-state index contributed by atoms with van der Waals surface area (Å²) in [5.41, 5.74) is 6.31. The van der Waals surface area contributed by atoms with Crippen LogP contribution in [0.25, 0.3) is 11.3 Å². The Morgan fingerprint density at radius 2 is 1.68 bits per heavy atom. The maximum Gasteiger partial charge on any atom is 0.416 e. The first-order valence-electron chi connectivity index (χ1n) is 11.6. The van der Waals surface area contributed by atoms with Crippen LogP contribution < -0.4 is 16.0 Å². The molecule has 0 saturated carbocycles. The average Bonchev–Trinajstić information content (AvgIpc) is 2.82. The highest BCUT2D eigenvalue weighted by atomic mass is 19.4. The van der Waals surface area contributed by atoms with Crippen molar-refractivity contribution < 1.29 is 22.7 Å². The molecular formula is C25H28F3N7O2. The number of amides is 1. The average molecular weight is 516 g/mol. The number of piperazine rings is 1. The summed E-state index contributed by atoms with van der Waals surface area (Å²) in [5.74, 6) is 0.961. The molecule has 3 aromatic heterocycles. The third-order valence-corrected chi connectivity index (χ3v) is 5.49. The van der Waals surface area contributed by atoms with Gasteiger partial charge in [-0.2, -0.15) is 13.2 Å². The number of carbonyl (C=O) groups is 1. The Kier molecular flexibility index (Phi) is 7.10. The molecule has 12 heteroatoms. The molecule has 4 rings (SSSR count). The van der Waals surface area contributed by atoms with Crippen molar-refractivity contribution in [3.63, 3.8) is 0 Å². The third-order valence-electron chi connectivity index (χ3n) is 5.49. The zero-order chi connectivity index (χ0) is 26.8. The van der Waals surface area contributed by atoms with Crippen LogP contribution in [0, 0.1) is 0 Å². The molecule has 4 heterocycles. The number of nitrogens with one attached hydrogen (secondary N) is 1. The molecule has 0 radical (unpaired) electrons. The van der Waals surface area contributed by atoms with E-state index in [2.05, 4.69) is 25.2 Å². The highest BCUT2D eigenvalue weighted by Gasteiger charge is 2.31.